The fraction of sp³-hybridized carbons (Fsp3) is 0.292. The van der Waals surface area contributed by atoms with Crippen LogP contribution in [0, 0.1) is 0 Å². The number of benzene rings is 2. The molecule has 0 aliphatic heterocycles. The van der Waals surface area contributed by atoms with Gasteiger partial charge in [-0.3, -0.25) is 14.6 Å². The summed E-state index contributed by atoms with van der Waals surface area (Å²) in [6.07, 6.45) is 5.93. The van der Waals surface area contributed by atoms with Gasteiger partial charge in [-0.15, -0.1) is 0 Å². The van der Waals surface area contributed by atoms with E-state index in [9.17, 15) is 9.59 Å². The number of hydrogen-bond acceptors (Lipinski definition) is 3. The highest BCUT2D eigenvalue weighted by Crippen LogP contribution is 2.31. The third kappa shape index (κ3) is 3.86. The predicted octanol–water partition coefficient (Wildman–Crippen LogP) is 3.93. The van der Waals surface area contributed by atoms with Gasteiger partial charge in [0.2, 0.25) is 0 Å². The number of para-hydroxylation sites is 1. The molecule has 2 aliphatic rings. The summed E-state index contributed by atoms with van der Waals surface area (Å²) in [5, 5.41) is 3.89. The van der Waals surface area contributed by atoms with Crippen molar-refractivity contribution in [3.05, 3.63) is 77.5 Å². The highest BCUT2D eigenvalue weighted by atomic mass is 16.2. The maximum atomic E-state index is 13.4. The Bertz CT molecular complexity index is 1060. The molecule has 0 atom stereocenters. The Labute approximate surface area is 169 Å². The van der Waals surface area contributed by atoms with E-state index in [1.54, 1.807) is 6.20 Å². The van der Waals surface area contributed by atoms with Crippen molar-refractivity contribution < 1.29 is 9.59 Å². The van der Waals surface area contributed by atoms with Crippen LogP contribution in [0.2, 0.25) is 0 Å². The van der Waals surface area contributed by atoms with E-state index in [-0.39, 0.29) is 17.9 Å². The minimum absolute atomic E-state index is 0.0163. The zero-order chi connectivity index (χ0) is 19.8. The fourth-order valence-corrected chi connectivity index (χ4v) is 3.64. The van der Waals surface area contributed by atoms with Crippen LogP contribution in [0.5, 0.6) is 0 Å². The van der Waals surface area contributed by atoms with Gasteiger partial charge in [0.15, 0.2) is 0 Å². The first-order valence-electron chi connectivity index (χ1n) is 10.2. The summed E-state index contributed by atoms with van der Waals surface area (Å²) in [6, 6.07) is 17.8. The van der Waals surface area contributed by atoms with Crippen LogP contribution < -0.4 is 5.32 Å². The minimum Gasteiger partial charge on any atom is -0.349 e. The monoisotopic (exact) mass is 385 g/mol. The summed E-state index contributed by atoms with van der Waals surface area (Å²) in [5.41, 5.74) is 3.24. The Balaban J connectivity index is 1.36. The lowest BCUT2D eigenvalue weighted by Crippen LogP contribution is -2.32. The summed E-state index contributed by atoms with van der Waals surface area (Å²) >= 11 is 0. The van der Waals surface area contributed by atoms with Crippen molar-refractivity contribution in [2.75, 3.05) is 0 Å². The Kier molecular flexibility index (Phi) is 4.51. The van der Waals surface area contributed by atoms with Crippen molar-refractivity contribution in [2.45, 2.75) is 44.3 Å². The number of nitrogens with one attached hydrogen (secondary N) is 1. The second kappa shape index (κ2) is 7.32. The van der Waals surface area contributed by atoms with Crippen LogP contribution in [0.3, 0.4) is 0 Å². The zero-order valence-corrected chi connectivity index (χ0v) is 16.2. The molecule has 2 amide bonds. The van der Waals surface area contributed by atoms with Crippen molar-refractivity contribution in [2.24, 2.45) is 0 Å². The molecule has 0 radical (unpaired) electrons. The Hall–Kier alpha value is -3.21. The normalized spacial score (nSPS) is 15.9. The highest BCUT2D eigenvalue weighted by molar-refractivity contribution is 6.06. The van der Waals surface area contributed by atoms with Gasteiger partial charge < -0.3 is 10.2 Å². The molecule has 29 heavy (non-hydrogen) atoms. The van der Waals surface area contributed by atoms with Gasteiger partial charge in [0.05, 0.1) is 11.1 Å². The van der Waals surface area contributed by atoms with Crippen LogP contribution in [0.4, 0.5) is 0 Å². The molecule has 5 heteroatoms. The molecule has 5 nitrogen and oxygen atoms in total. The van der Waals surface area contributed by atoms with Gasteiger partial charge in [-0.1, -0.05) is 30.3 Å². The third-order valence-electron chi connectivity index (χ3n) is 5.61. The van der Waals surface area contributed by atoms with E-state index in [0.717, 1.165) is 42.1 Å². The second-order valence-corrected chi connectivity index (χ2v) is 7.98. The first-order chi connectivity index (χ1) is 14.2. The lowest BCUT2D eigenvalue weighted by Gasteiger charge is -2.23. The molecule has 2 aromatic carbocycles. The molecule has 2 aliphatic carbocycles. The second-order valence-electron chi connectivity index (χ2n) is 7.98. The quantitative estimate of drug-likeness (QED) is 0.699. The number of aromatic nitrogens is 1. The Morgan fingerprint density at radius 1 is 0.966 bits per heavy atom. The molecule has 2 saturated carbocycles. The fourth-order valence-electron chi connectivity index (χ4n) is 3.64. The topological polar surface area (TPSA) is 62.3 Å². The summed E-state index contributed by atoms with van der Waals surface area (Å²) < 4.78 is 0. The van der Waals surface area contributed by atoms with Crippen LogP contribution in [-0.4, -0.2) is 33.8 Å². The third-order valence-corrected chi connectivity index (χ3v) is 5.61. The Morgan fingerprint density at radius 2 is 1.72 bits per heavy atom. The number of pyridine rings is 1. The number of carbonyl (C=O) groups excluding carboxylic acids is 2. The molecular formula is C24H23N3O2. The molecule has 0 saturated heterocycles. The van der Waals surface area contributed by atoms with Crippen LogP contribution >= 0.6 is 0 Å². The van der Waals surface area contributed by atoms with Crippen molar-refractivity contribution in [1.29, 1.82) is 0 Å². The largest absolute Gasteiger partial charge is 0.349 e. The van der Waals surface area contributed by atoms with Gasteiger partial charge in [0.1, 0.15) is 0 Å². The number of carbonyl (C=O) groups is 2. The van der Waals surface area contributed by atoms with E-state index in [1.807, 2.05) is 59.5 Å². The molecule has 0 unspecified atom stereocenters. The maximum absolute atomic E-state index is 13.4. The van der Waals surface area contributed by atoms with E-state index in [0.29, 0.717) is 23.7 Å². The molecule has 1 heterocycles. The van der Waals surface area contributed by atoms with Crippen molar-refractivity contribution in [3.63, 3.8) is 0 Å². The summed E-state index contributed by atoms with van der Waals surface area (Å²) in [4.78, 5) is 31.9. The molecule has 1 N–H and O–H groups in total. The molecule has 2 fully saturated rings. The first kappa shape index (κ1) is 17.9. The van der Waals surface area contributed by atoms with Crippen molar-refractivity contribution in [1.82, 2.24) is 15.2 Å². The predicted molar refractivity (Wildman–Crippen MR) is 112 cm³/mol. The highest BCUT2D eigenvalue weighted by Gasteiger charge is 2.33. The van der Waals surface area contributed by atoms with Crippen LogP contribution in [0.1, 0.15) is 52.0 Å². The van der Waals surface area contributed by atoms with Gasteiger partial charge in [0, 0.05) is 35.8 Å². The van der Waals surface area contributed by atoms with Gasteiger partial charge in [-0.25, -0.2) is 0 Å². The summed E-state index contributed by atoms with van der Waals surface area (Å²) in [5.74, 6) is 0.0269. The number of rotatable bonds is 6. The average molecular weight is 385 g/mol. The van der Waals surface area contributed by atoms with E-state index in [4.69, 9.17) is 0 Å². The zero-order valence-electron chi connectivity index (χ0n) is 16.2. The summed E-state index contributed by atoms with van der Waals surface area (Å²) in [7, 11) is 0. The molecular weight excluding hydrogens is 362 g/mol. The molecule has 1 aromatic heterocycles. The van der Waals surface area contributed by atoms with E-state index < -0.39 is 0 Å². The van der Waals surface area contributed by atoms with Gasteiger partial charge in [-0.05, 0) is 55.5 Å². The molecule has 3 aromatic rings. The first-order valence-corrected chi connectivity index (χ1v) is 10.2. The average Bonchev–Trinajstić information content (AvgIpc) is 3.67. The number of amides is 2. The van der Waals surface area contributed by atoms with Gasteiger partial charge in [0.25, 0.3) is 11.8 Å². The van der Waals surface area contributed by atoms with Crippen molar-refractivity contribution >= 4 is 22.7 Å². The number of fused-ring (bicyclic) bond motifs is 1. The van der Waals surface area contributed by atoms with Crippen molar-refractivity contribution in [3.8, 4) is 0 Å². The van der Waals surface area contributed by atoms with Crippen LogP contribution in [0.15, 0.2) is 60.8 Å². The molecule has 5 rings (SSSR count). The van der Waals surface area contributed by atoms with Crippen LogP contribution in [-0.2, 0) is 6.54 Å². The van der Waals surface area contributed by atoms with E-state index >= 15 is 0 Å². The Morgan fingerprint density at radius 3 is 2.45 bits per heavy atom. The smallest absolute Gasteiger partial charge is 0.255 e. The molecule has 0 bridgehead atoms. The standard InChI is InChI=1S/C24H23N3O2/c28-23(26-18-9-10-18)17-7-5-16(6-8-17)15-27(19-11-12-19)24(29)21-13-14-25-22-4-2-1-3-20(21)22/h1-8,13-14,18-19H,9-12,15H2,(H,26,28). The van der Waals surface area contributed by atoms with E-state index in [2.05, 4.69) is 10.3 Å². The lowest BCUT2D eigenvalue weighted by molar-refractivity contribution is 0.0731. The maximum Gasteiger partial charge on any atom is 0.255 e. The van der Waals surface area contributed by atoms with Crippen LogP contribution in [0.25, 0.3) is 10.9 Å². The molecule has 0 spiro atoms. The molecule has 146 valence electrons. The van der Waals surface area contributed by atoms with E-state index in [1.165, 1.54) is 0 Å². The van der Waals surface area contributed by atoms with Gasteiger partial charge in [-0.2, -0.15) is 0 Å². The lowest BCUT2D eigenvalue weighted by atomic mass is 10.1. The number of nitrogens with zero attached hydrogens (tertiary/aromatic N) is 2. The summed E-state index contributed by atoms with van der Waals surface area (Å²) in [6.45, 7) is 0.546. The number of hydrogen-bond donors (Lipinski definition) is 1. The van der Waals surface area contributed by atoms with Gasteiger partial charge >= 0.3 is 0 Å². The SMILES string of the molecule is O=C(NC1CC1)c1ccc(CN(C(=O)c2ccnc3ccccc23)C2CC2)cc1. The minimum atomic E-state index is -0.0163.